The minimum atomic E-state index is -1.18. The van der Waals surface area contributed by atoms with Crippen molar-refractivity contribution in [3.05, 3.63) is 21.8 Å². The van der Waals surface area contributed by atoms with E-state index in [1.54, 1.807) is 19.1 Å². The Morgan fingerprint density at radius 3 is 3.00 bits per heavy atom. The summed E-state index contributed by atoms with van der Waals surface area (Å²) in [7, 11) is 0. The van der Waals surface area contributed by atoms with Crippen LogP contribution in [0.3, 0.4) is 0 Å². The normalized spacial score (nSPS) is 11.9. The Bertz CT molecular complexity index is 558. The van der Waals surface area contributed by atoms with Crippen molar-refractivity contribution in [2.75, 3.05) is 13.2 Å². The first-order valence-electron chi connectivity index (χ1n) is 6.15. The topological polar surface area (TPSA) is 60.2 Å². The molecule has 0 N–H and O–H groups in total. The number of azo groups is 1. The van der Waals surface area contributed by atoms with Crippen LogP contribution >= 0.6 is 34.2 Å². The smallest absolute Gasteiger partial charge is 0.348 e. The highest BCUT2D eigenvalue weighted by atomic mass is 127. The summed E-state index contributed by atoms with van der Waals surface area (Å²) >= 11 is 7.91. The molecule has 0 fully saturated rings. The van der Waals surface area contributed by atoms with Crippen LogP contribution in [-0.4, -0.2) is 24.7 Å². The predicted molar refractivity (Wildman–Crippen MR) is 88.9 cm³/mol. The van der Waals surface area contributed by atoms with Gasteiger partial charge in [-0.15, -0.1) is 17.5 Å². The lowest BCUT2D eigenvalue weighted by molar-refractivity contribution is -0.142. The lowest BCUT2D eigenvalue weighted by atomic mass is 10.3. The number of carbonyl (C=O) groups excluding carboxylic acids is 1. The molecule has 0 heterocycles. The van der Waals surface area contributed by atoms with Gasteiger partial charge in [-0.1, -0.05) is 11.6 Å². The second kappa shape index (κ2) is 9.58. The molecular formula is C14H14ClIN2O3. The van der Waals surface area contributed by atoms with Crippen LogP contribution < -0.4 is 4.74 Å². The van der Waals surface area contributed by atoms with Gasteiger partial charge in [-0.05, 0) is 47.7 Å². The fraction of sp³-hybridized carbons (Fsp3) is 0.357. The standard InChI is InChI=1S/C14H14ClIN2O3/c1-3-5-8-21-12-7-6-10(16)9-11(12)17-18-13(15)14(19)20-4-2/h1,6-7,9,13H,4-5,8H2,2H3. The van der Waals surface area contributed by atoms with Crippen LogP contribution in [0.1, 0.15) is 13.3 Å². The average Bonchev–Trinajstić information content (AvgIpc) is 2.47. The molecule has 0 bridgehead atoms. The highest BCUT2D eigenvalue weighted by molar-refractivity contribution is 14.1. The molecule has 1 aromatic rings. The molecule has 1 rings (SSSR count). The van der Waals surface area contributed by atoms with Gasteiger partial charge >= 0.3 is 5.97 Å². The van der Waals surface area contributed by atoms with Gasteiger partial charge in [-0.3, -0.25) is 0 Å². The summed E-state index contributed by atoms with van der Waals surface area (Å²) < 4.78 is 11.2. The molecule has 0 amide bonds. The third-order valence-corrected chi connectivity index (χ3v) is 3.11. The van der Waals surface area contributed by atoms with Crippen molar-refractivity contribution < 1.29 is 14.3 Å². The first kappa shape index (κ1) is 17.7. The van der Waals surface area contributed by atoms with Crippen LogP contribution in [0.4, 0.5) is 5.69 Å². The summed E-state index contributed by atoms with van der Waals surface area (Å²) in [4.78, 5) is 11.4. The maximum atomic E-state index is 11.4. The number of esters is 1. The van der Waals surface area contributed by atoms with Gasteiger partial charge in [0.15, 0.2) is 0 Å². The van der Waals surface area contributed by atoms with E-state index in [4.69, 9.17) is 27.5 Å². The van der Waals surface area contributed by atoms with Gasteiger partial charge in [0.2, 0.25) is 5.50 Å². The molecule has 0 saturated carbocycles. The molecule has 112 valence electrons. The largest absolute Gasteiger partial charge is 0.490 e. The summed E-state index contributed by atoms with van der Waals surface area (Å²) in [5, 5.41) is 7.69. The summed E-state index contributed by atoms with van der Waals surface area (Å²) in [6.07, 6.45) is 5.66. The number of carbonyl (C=O) groups is 1. The van der Waals surface area contributed by atoms with E-state index in [2.05, 4.69) is 38.7 Å². The Labute approximate surface area is 142 Å². The molecule has 0 aliphatic heterocycles. The molecule has 1 unspecified atom stereocenters. The maximum Gasteiger partial charge on any atom is 0.348 e. The lowest BCUT2D eigenvalue weighted by Gasteiger charge is -2.08. The first-order valence-corrected chi connectivity index (χ1v) is 7.67. The van der Waals surface area contributed by atoms with Gasteiger partial charge in [0.1, 0.15) is 11.4 Å². The molecule has 21 heavy (non-hydrogen) atoms. The van der Waals surface area contributed by atoms with Crippen molar-refractivity contribution in [1.29, 1.82) is 0 Å². The van der Waals surface area contributed by atoms with Crippen molar-refractivity contribution in [3.63, 3.8) is 0 Å². The van der Waals surface area contributed by atoms with Crippen LogP contribution in [0.5, 0.6) is 5.75 Å². The first-order chi connectivity index (χ1) is 10.1. The monoisotopic (exact) mass is 420 g/mol. The fourth-order valence-electron chi connectivity index (χ4n) is 1.28. The minimum absolute atomic E-state index is 0.237. The predicted octanol–water partition coefficient (Wildman–Crippen LogP) is 3.91. The molecule has 0 aliphatic rings. The van der Waals surface area contributed by atoms with Gasteiger partial charge < -0.3 is 9.47 Å². The maximum absolute atomic E-state index is 11.4. The average molecular weight is 421 g/mol. The molecule has 0 aromatic heterocycles. The van der Waals surface area contributed by atoms with E-state index in [-0.39, 0.29) is 6.61 Å². The van der Waals surface area contributed by atoms with Crippen LogP contribution in [0.25, 0.3) is 0 Å². The van der Waals surface area contributed by atoms with Crippen molar-refractivity contribution in [2.24, 2.45) is 10.2 Å². The summed E-state index contributed by atoms with van der Waals surface area (Å²) in [5.74, 6) is 2.38. The Hall–Kier alpha value is -1.33. The van der Waals surface area contributed by atoms with Crippen molar-refractivity contribution in [3.8, 4) is 18.1 Å². The van der Waals surface area contributed by atoms with E-state index in [1.807, 2.05) is 6.07 Å². The van der Waals surface area contributed by atoms with Crippen LogP contribution in [0, 0.1) is 15.9 Å². The molecule has 0 radical (unpaired) electrons. The second-order valence-electron chi connectivity index (χ2n) is 3.72. The van der Waals surface area contributed by atoms with E-state index < -0.39 is 11.5 Å². The van der Waals surface area contributed by atoms with Gasteiger partial charge in [0.25, 0.3) is 0 Å². The molecule has 0 aliphatic carbocycles. The van der Waals surface area contributed by atoms with Gasteiger partial charge in [0, 0.05) is 9.99 Å². The Morgan fingerprint density at radius 2 is 2.33 bits per heavy atom. The summed E-state index contributed by atoms with van der Waals surface area (Å²) in [6, 6.07) is 5.40. The Morgan fingerprint density at radius 1 is 1.57 bits per heavy atom. The highest BCUT2D eigenvalue weighted by Crippen LogP contribution is 2.30. The zero-order valence-electron chi connectivity index (χ0n) is 11.4. The number of ether oxygens (including phenoxy) is 2. The molecule has 0 saturated heterocycles. The minimum Gasteiger partial charge on any atom is -0.490 e. The van der Waals surface area contributed by atoms with Crippen LogP contribution in [0.2, 0.25) is 0 Å². The molecule has 7 heteroatoms. The van der Waals surface area contributed by atoms with E-state index in [0.29, 0.717) is 24.5 Å². The van der Waals surface area contributed by atoms with Crippen molar-refractivity contribution in [2.45, 2.75) is 18.8 Å². The number of halogens is 2. The number of hydrogen-bond acceptors (Lipinski definition) is 5. The molecular weight excluding hydrogens is 407 g/mol. The number of benzene rings is 1. The number of nitrogens with zero attached hydrogens (tertiary/aromatic N) is 2. The second-order valence-corrected chi connectivity index (χ2v) is 5.38. The third kappa shape index (κ3) is 6.31. The quantitative estimate of drug-likeness (QED) is 0.128. The highest BCUT2D eigenvalue weighted by Gasteiger charge is 2.15. The third-order valence-electron chi connectivity index (χ3n) is 2.17. The van der Waals surface area contributed by atoms with Crippen LogP contribution in [0.15, 0.2) is 28.4 Å². The molecule has 0 spiro atoms. The van der Waals surface area contributed by atoms with Crippen molar-refractivity contribution >= 4 is 45.8 Å². The van der Waals surface area contributed by atoms with Gasteiger partial charge in [0.05, 0.1) is 13.2 Å². The van der Waals surface area contributed by atoms with E-state index >= 15 is 0 Å². The van der Waals surface area contributed by atoms with Crippen LogP contribution in [-0.2, 0) is 9.53 Å². The van der Waals surface area contributed by atoms with E-state index in [9.17, 15) is 4.79 Å². The van der Waals surface area contributed by atoms with E-state index in [1.165, 1.54) is 0 Å². The zero-order chi connectivity index (χ0) is 15.7. The fourth-order valence-corrected chi connectivity index (χ4v) is 1.86. The molecule has 5 nitrogen and oxygen atoms in total. The molecule has 1 aromatic carbocycles. The van der Waals surface area contributed by atoms with Gasteiger partial charge in [-0.25, -0.2) is 4.79 Å². The summed E-state index contributed by atoms with van der Waals surface area (Å²) in [5.41, 5.74) is -0.699. The molecule has 1 atom stereocenters. The Balaban J connectivity index is 2.82. The number of rotatable bonds is 7. The Kier molecular flexibility index (Phi) is 8.08. The summed E-state index contributed by atoms with van der Waals surface area (Å²) in [6.45, 7) is 2.30. The number of hydrogen-bond donors (Lipinski definition) is 0. The number of terminal acetylenes is 1. The van der Waals surface area contributed by atoms with Gasteiger partial charge in [-0.2, -0.15) is 5.11 Å². The van der Waals surface area contributed by atoms with E-state index in [0.717, 1.165) is 3.57 Å². The number of alkyl halides is 1. The van der Waals surface area contributed by atoms with Crippen molar-refractivity contribution in [1.82, 2.24) is 0 Å². The zero-order valence-corrected chi connectivity index (χ0v) is 14.3. The lowest BCUT2D eigenvalue weighted by Crippen LogP contribution is -2.15. The SMILES string of the molecule is C#CCCOc1ccc(I)cc1N=NC(Cl)C(=O)OCC.